The lowest BCUT2D eigenvalue weighted by molar-refractivity contribution is 0.480. The van der Waals surface area contributed by atoms with Crippen molar-refractivity contribution in [1.82, 2.24) is 10.3 Å². The van der Waals surface area contributed by atoms with Gasteiger partial charge in [-0.25, -0.2) is 0 Å². The normalized spacial score (nSPS) is 12.6. The van der Waals surface area contributed by atoms with Gasteiger partial charge in [-0.15, -0.1) is 0 Å². The predicted octanol–water partition coefficient (Wildman–Crippen LogP) is 2.69. The first kappa shape index (κ1) is 10.8. The highest BCUT2D eigenvalue weighted by Crippen LogP contribution is 2.09. The molecule has 76 valence electrons. The van der Waals surface area contributed by atoms with Crippen LogP contribution in [0.5, 0.6) is 0 Å². The fourth-order valence-electron chi connectivity index (χ4n) is 1.06. The van der Waals surface area contributed by atoms with Gasteiger partial charge >= 0.3 is 0 Å². The highest BCUT2D eigenvalue weighted by atomic mass is 14.9. The molecule has 1 atom stereocenters. The van der Waals surface area contributed by atoms with Gasteiger partial charge < -0.3 is 5.32 Å². The summed E-state index contributed by atoms with van der Waals surface area (Å²) in [4.78, 5) is 4.23. The summed E-state index contributed by atoms with van der Waals surface area (Å²) >= 11 is 0. The lowest BCUT2D eigenvalue weighted by Gasteiger charge is -2.19. The van der Waals surface area contributed by atoms with Crippen molar-refractivity contribution >= 4 is 5.70 Å². The molecular formula is C12H18N2. The molecule has 1 rings (SSSR count). The fraction of sp³-hybridized carbons (Fsp3) is 0.417. The number of nitrogens with zero attached hydrogens (tertiary/aromatic N) is 1. The van der Waals surface area contributed by atoms with E-state index >= 15 is 0 Å². The average molecular weight is 190 g/mol. The lowest BCUT2D eigenvalue weighted by atomic mass is 10.1. The Morgan fingerprint density at radius 3 is 2.57 bits per heavy atom. The van der Waals surface area contributed by atoms with E-state index in [9.17, 15) is 0 Å². The molecule has 2 nitrogen and oxygen atoms in total. The molecule has 0 saturated heterocycles. The first-order chi connectivity index (χ1) is 6.61. The van der Waals surface area contributed by atoms with Crippen LogP contribution in [0.1, 0.15) is 26.5 Å². The molecule has 14 heavy (non-hydrogen) atoms. The topological polar surface area (TPSA) is 24.9 Å². The maximum absolute atomic E-state index is 4.23. The summed E-state index contributed by atoms with van der Waals surface area (Å²) in [6, 6.07) is 6.25. The minimum atomic E-state index is 0.421. The molecule has 0 aromatic carbocycles. The quantitative estimate of drug-likeness (QED) is 0.789. The van der Waals surface area contributed by atoms with Crippen molar-refractivity contribution < 1.29 is 0 Å². The third-order valence-electron chi connectivity index (χ3n) is 2.38. The largest absolute Gasteiger partial charge is 0.381 e. The van der Waals surface area contributed by atoms with Gasteiger partial charge in [-0.05, 0) is 25.0 Å². The highest BCUT2D eigenvalue weighted by molar-refractivity contribution is 5.57. The zero-order valence-electron chi connectivity index (χ0n) is 9.12. The predicted molar refractivity (Wildman–Crippen MR) is 60.7 cm³/mol. The van der Waals surface area contributed by atoms with Gasteiger partial charge in [0.15, 0.2) is 0 Å². The van der Waals surface area contributed by atoms with Crippen LogP contribution in [0.2, 0.25) is 0 Å². The van der Waals surface area contributed by atoms with E-state index in [0.717, 1.165) is 11.4 Å². The molecule has 0 aliphatic carbocycles. The Hall–Kier alpha value is -1.31. The van der Waals surface area contributed by atoms with Crippen LogP contribution in [-0.2, 0) is 0 Å². The number of aromatic nitrogens is 1. The highest BCUT2D eigenvalue weighted by Gasteiger charge is 2.08. The molecular weight excluding hydrogens is 172 g/mol. The van der Waals surface area contributed by atoms with Crippen molar-refractivity contribution in [3.8, 4) is 0 Å². The van der Waals surface area contributed by atoms with Crippen LogP contribution in [0, 0.1) is 5.92 Å². The molecule has 0 radical (unpaired) electrons. The molecule has 0 unspecified atom stereocenters. The van der Waals surface area contributed by atoms with E-state index in [4.69, 9.17) is 0 Å². The van der Waals surface area contributed by atoms with E-state index in [-0.39, 0.29) is 0 Å². The van der Waals surface area contributed by atoms with Crippen molar-refractivity contribution in [2.24, 2.45) is 5.92 Å². The summed E-state index contributed by atoms with van der Waals surface area (Å²) < 4.78 is 0. The van der Waals surface area contributed by atoms with Crippen molar-refractivity contribution in [2.45, 2.75) is 26.8 Å². The number of nitrogens with one attached hydrogen (secondary N) is 1. The summed E-state index contributed by atoms with van der Waals surface area (Å²) in [6.07, 6.45) is 1.78. The van der Waals surface area contributed by atoms with Gasteiger partial charge in [0, 0.05) is 12.2 Å². The molecule has 1 aromatic heterocycles. The van der Waals surface area contributed by atoms with E-state index < -0.39 is 0 Å². The van der Waals surface area contributed by atoms with Crippen molar-refractivity contribution in [2.75, 3.05) is 0 Å². The monoisotopic (exact) mass is 190 g/mol. The first-order valence-corrected chi connectivity index (χ1v) is 4.98. The smallest absolute Gasteiger partial charge is 0.0854 e. The molecule has 0 saturated carbocycles. The van der Waals surface area contributed by atoms with Gasteiger partial charge in [0.2, 0.25) is 0 Å². The molecule has 2 heteroatoms. The Morgan fingerprint density at radius 2 is 2.07 bits per heavy atom. The third kappa shape index (κ3) is 2.87. The summed E-state index contributed by atoms with van der Waals surface area (Å²) in [5.41, 5.74) is 1.81. The zero-order valence-corrected chi connectivity index (χ0v) is 9.12. The Bertz CT molecular complexity index is 290. The van der Waals surface area contributed by atoms with E-state index in [0.29, 0.717) is 12.0 Å². The SMILES string of the molecule is C=C(N[C@H](C)C(C)C)c1ccccn1. The lowest BCUT2D eigenvalue weighted by Crippen LogP contribution is -2.29. The average Bonchev–Trinajstić information content (AvgIpc) is 2.19. The van der Waals surface area contributed by atoms with Crippen LogP contribution in [0.3, 0.4) is 0 Å². The molecule has 0 bridgehead atoms. The molecule has 0 aliphatic heterocycles. The number of hydrogen-bond acceptors (Lipinski definition) is 2. The summed E-state index contributed by atoms with van der Waals surface area (Å²) in [7, 11) is 0. The molecule has 1 heterocycles. The minimum Gasteiger partial charge on any atom is -0.381 e. The standard InChI is InChI=1S/C12H18N2/c1-9(2)10(3)14-11(4)12-7-5-6-8-13-12/h5-10,14H,4H2,1-3H3/t10-/m1/s1. The van der Waals surface area contributed by atoms with Crippen molar-refractivity contribution in [3.05, 3.63) is 36.7 Å². The molecule has 1 aromatic rings. The second-order valence-corrected chi connectivity index (χ2v) is 3.87. The van der Waals surface area contributed by atoms with Crippen LogP contribution >= 0.6 is 0 Å². The van der Waals surface area contributed by atoms with E-state index in [1.54, 1.807) is 6.20 Å². The second kappa shape index (κ2) is 4.80. The molecule has 0 spiro atoms. The number of hydrogen-bond donors (Lipinski definition) is 1. The molecule has 1 N–H and O–H groups in total. The van der Waals surface area contributed by atoms with Gasteiger partial charge in [-0.2, -0.15) is 0 Å². The van der Waals surface area contributed by atoms with Gasteiger partial charge in [0.25, 0.3) is 0 Å². The van der Waals surface area contributed by atoms with Crippen molar-refractivity contribution in [3.63, 3.8) is 0 Å². The van der Waals surface area contributed by atoms with Gasteiger partial charge in [-0.1, -0.05) is 26.5 Å². The maximum Gasteiger partial charge on any atom is 0.0854 e. The summed E-state index contributed by atoms with van der Waals surface area (Å²) in [6.45, 7) is 10.5. The number of pyridine rings is 1. The van der Waals surface area contributed by atoms with Crippen LogP contribution in [0.15, 0.2) is 31.0 Å². The van der Waals surface area contributed by atoms with Crippen molar-refractivity contribution in [1.29, 1.82) is 0 Å². The van der Waals surface area contributed by atoms with Crippen LogP contribution in [0.25, 0.3) is 5.70 Å². The molecule has 0 amide bonds. The summed E-state index contributed by atoms with van der Waals surface area (Å²) in [5.74, 6) is 0.593. The maximum atomic E-state index is 4.23. The van der Waals surface area contributed by atoms with Crippen LogP contribution < -0.4 is 5.32 Å². The Kier molecular flexibility index (Phi) is 3.69. The Morgan fingerprint density at radius 1 is 1.36 bits per heavy atom. The second-order valence-electron chi connectivity index (χ2n) is 3.87. The van der Waals surface area contributed by atoms with Gasteiger partial charge in [0.05, 0.1) is 11.4 Å². The molecule has 0 aliphatic rings. The zero-order chi connectivity index (χ0) is 10.6. The third-order valence-corrected chi connectivity index (χ3v) is 2.38. The Balaban J connectivity index is 2.60. The number of rotatable bonds is 4. The fourth-order valence-corrected chi connectivity index (χ4v) is 1.06. The van der Waals surface area contributed by atoms with Crippen LogP contribution in [-0.4, -0.2) is 11.0 Å². The summed E-state index contributed by atoms with van der Waals surface area (Å²) in [5, 5.41) is 3.34. The van der Waals surface area contributed by atoms with E-state index in [2.05, 4.69) is 37.7 Å². The van der Waals surface area contributed by atoms with Crippen LogP contribution in [0.4, 0.5) is 0 Å². The van der Waals surface area contributed by atoms with E-state index in [1.807, 2.05) is 18.2 Å². The van der Waals surface area contributed by atoms with Gasteiger partial charge in [-0.3, -0.25) is 4.98 Å². The Labute approximate surface area is 86.1 Å². The minimum absolute atomic E-state index is 0.421. The van der Waals surface area contributed by atoms with E-state index in [1.165, 1.54) is 0 Å². The first-order valence-electron chi connectivity index (χ1n) is 4.98. The molecule has 0 fully saturated rings. The van der Waals surface area contributed by atoms with Gasteiger partial charge in [0.1, 0.15) is 0 Å².